The molecule has 29 heavy (non-hydrogen) atoms. The number of rotatable bonds is 7. The number of carbonyl (C=O) groups is 1. The van der Waals surface area contributed by atoms with E-state index in [0.717, 1.165) is 30.2 Å². The van der Waals surface area contributed by atoms with Crippen molar-refractivity contribution in [2.75, 3.05) is 33.9 Å². The number of urea groups is 1. The third-order valence-electron chi connectivity index (χ3n) is 4.65. The molecule has 0 spiro atoms. The summed E-state index contributed by atoms with van der Waals surface area (Å²) in [5.41, 5.74) is 5.01. The lowest BCUT2D eigenvalue weighted by atomic mass is 10.1. The molecule has 0 saturated heterocycles. The molecule has 6 heteroatoms. The predicted octanol–water partition coefficient (Wildman–Crippen LogP) is 5.62. The van der Waals surface area contributed by atoms with Crippen LogP contribution < -0.4 is 20.9 Å². The zero-order valence-electron chi connectivity index (χ0n) is 17.1. The summed E-state index contributed by atoms with van der Waals surface area (Å²) < 4.78 is 0. The highest BCUT2D eigenvalue weighted by molar-refractivity contribution is 5.99. The van der Waals surface area contributed by atoms with Gasteiger partial charge in [-0.3, -0.25) is 5.32 Å². The summed E-state index contributed by atoms with van der Waals surface area (Å²) in [6.07, 6.45) is 1.70. The lowest BCUT2D eigenvalue weighted by molar-refractivity contribution is 0.262. The van der Waals surface area contributed by atoms with Gasteiger partial charge in [0.2, 0.25) is 0 Å². The number of benzene rings is 2. The van der Waals surface area contributed by atoms with Gasteiger partial charge in [0, 0.05) is 30.2 Å². The second-order valence-electron chi connectivity index (χ2n) is 6.67. The molecule has 1 heterocycles. The zero-order valence-corrected chi connectivity index (χ0v) is 17.1. The third-order valence-corrected chi connectivity index (χ3v) is 4.65. The first-order valence-electron chi connectivity index (χ1n) is 9.80. The van der Waals surface area contributed by atoms with E-state index in [1.165, 1.54) is 11.3 Å². The molecule has 2 aromatic carbocycles. The van der Waals surface area contributed by atoms with Crippen molar-refractivity contribution in [2.24, 2.45) is 0 Å². The summed E-state index contributed by atoms with van der Waals surface area (Å²) in [5.74, 6) is 0.484. The van der Waals surface area contributed by atoms with Crippen molar-refractivity contribution >= 4 is 34.6 Å². The maximum absolute atomic E-state index is 12.1. The summed E-state index contributed by atoms with van der Waals surface area (Å²) in [6, 6.07) is 19.0. The van der Waals surface area contributed by atoms with Crippen molar-refractivity contribution in [1.82, 2.24) is 4.98 Å². The number of nitrogens with zero attached hydrogens (tertiary/aromatic N) is 2. The van der Waals surface area contributed by atoms with Gasteiger partial charge in [-0.25, -0.2) is 9.78 Å². The number of pyridine rings is 1. The minimum Gasteiger partial charge on any atom is -0.372 e. The molecule has 0 unspecified atom stereocenters. The molecule has 0 saturated carbocycles. The molecule has 0 aliphatic carbocycles. The highest BCUT2D eigenvalue weighted by Gasteiger charge is 2.07. The van der Waals surface area contributed by atoms with Crippen LogP contribution in [0.5, 0.6) is 0 Å². The van der Waals surface area contributed by atoms with Gasteiger partial charge >= 0.3 is 6.03 Å². The van der Waals surface area contributed by atoms with E-state index in [1.807, 2.05) is 36.4 Å². The quantitative estimate of drug-likeness (QED) is 0.490. The van der Waals surface area contributed by atoms with Gasteiger partial charge in [-0.15, -0.1) is 0 Å². The minimum absolute atomic E-state index is 0.327. The standard InChI is InChI=1S/C23H27N5O/c1-4-28(5-2)20-12-13-21(17(3)15-20)25-19-11-14-22(24-16-19)27-23(29)26-18-9-7-6-8-10-18/h6-16,25H,4-5H2,1-3H3,(H2,24,26,27,29). The minimum atomic E-state index is -0.327. The molecule has 3 rings (SSSR count). The molecule has 3 N–H and O–H groups in total. The largest absolute Gasteiger partial charge is 0.372 e. The molecule has 3 aromatic rings. The average Bonchev–Trinajstić information content (AvgIpc) is 2.73. The Labute approximate surface area is 172 Å². The fourth-order valence-corrected chi connectivity index (χ4v) is 3.07. The van der Waals surface area contributed by atoms with E-state index in [-0.39, 0.29) is 6.03 Å². The average molecular weight is 390 g/mol. The monoisotopic (exact) mass is 389 g/mol. The normalized spacial score (nSPS) is 10.3. The van der Waals surface area contributed by atoms with Gasteiger partial charge < -0.3 is 15.5 Å². The molecule has 1 aromatic heterocycles. The lowest BCUT2D eigenvalue weighted by Crippen LogP contribution is -2.21. The van der Waals surface area contributed by atoms with Crippen molar-refractivity contribution in [3.8, 4) is 0 Å². The van der Waals surface area contributed by atoms with E-state index in [1.54, 1.807) is 12.3 Å². The number of para-hydroxylation sites is 1. The summed E-state index contributed by atoms with van der Waals surface area (Å²) >= 11 is 0. The first kappa shape index (κ1) is 20.2. The van der Waals surface area contributed by atoms with Crippen molar-refractivity contribution in [1.29, 1.82) is 0 Å². The fourth-order valence-electron chi connectivity index (χ4n) is 3.07. The number of amides is 2. The van der Waals surface area contributed by atoms with Crippen molar-refractivity contribution in [3.63, 3.8) is 0 Å². The summed E-state index contributed by atoms with van der Waals surface area (Å²) in [6.45, 7) is 8.38. The van der Waals surface area contributed by atoms with Gasteiger partial charge in [-0.1, -0.05) is 18.2 Å². The van der Waals surface area contributed by atoms with Crippen LogP contribution in [0.15, 0.2) is 66.9 Å². The number of aryl methyl sites for hydroxylation is 1. The summed E-state index contributed by atoms with van der Waals surface area (Å²) in [7, 11) is 0. The van der Waals surface area contributed by atoms with Crippen molar-refractivity contribution < 1.29 is 4.79 Å². The molecule has 0 bridgehead atoms. The van der Waals surface area contributed by atoms with Gasteiger partial charge in [0.05, 0.1) is 11.9 Å². The molecular weight excluding hydrogens is 362 g/mol. The Balaban J connectivity index is 1.61. The first-order valence-corrected chi connectivity index (χ1v) is 9.80. The van der Waals surface area contributed by atoms with E-state index in [2.05, 4.69) is 64.8 Å². The maximum atomic E-state index is 12.1. The van der Waals surface area contributed by atoms with Gasteiger partial charge in [-0.2, -0.15) is 0 Å². The Kier molecular flexibility index (Phi) is 6.68. The van der Waals surface area contributed by atoms with Crippen LogP contribution in [0, 0.1) is 6.92 Å². The number of carbonyl (C=O) groups excluding carboxylic acids is 1. The Bertz CT molecular complexity index is 937. The summed E-state index contributed by atoms with van der Waals surface area (Å²) in [5, 5.41) is 8.88. The first-order chi connectivity index (χ1) is 14.1. The number of anilines is 5. The van der Waals surface area contributed by atoms with Crippen LogP contribution in [-0.4, -0.2) is 24.1 Å². The number of hydrogen-bond donors (Lipinski definition) is 3. The van der Waals surface area contributed by atoms with Gasteiger partial charge in [-0.05, 0) is 68.8 Å². The van der Waals surface area contributed by atoms with Crippen LogP contribution in [0.4, 0.5) is 33.4 Å². The topological polar surface area (TPSA) is 69.3 Å². The molecule has 0 atom stereocenters. The van der Waals surface area contributed by atoms with E-state index in [0.29, 0.717) is 5.82 Å². The Morgan fingerprint density at radius 1 is 0.931 bits per heavy atom. The zero-order chi connectivity index (χ0) is 20.6. The Morgan fingerprint density at radius 2 is 1.69 bits per heavy atom. The lowest BCUT2D eigenvalue weighted by Gasteiger charge is -2.22. The molecule has 0 radical (unpaired) electrons. The van der Waals surface area contributed by atoms with E-state index < -0.39 is 0 Å². The van der Waals surface area contributed by atoms with Crippen LogP contribution in [-0.2, 0) is 0 Å². The highest BCUT2D eigenvalue weighted by Crippen LogP contribution is 2.25. The maximum Gasteiger partial charge on any atom is 0.324 e. The SMILES string of the molecule is CCN(CC)c1ccc(Nc2ccc(NC(=O)Nc3ccccc3)nc2)c(C)c1. The van der Waals surface area contributed by atoms with E-state index in [9.17, 15) is 4.79 Å². The van der Waals surface area contributed by atoms with Crippen LogP contribution in [0.3, 0.4) is 0 Å². The predicted molar refractivity (Wildman–Crippen MR) is 121 cm³/mol. The number of hydrogen-bond acceptors (Lipinski definition) is 4. The summed E-state index contributed by atoms with van der Waals surface area (Å²) in [4.78, 5) is 18.7. The molecule has 0 aliphatic heterocycles. The molecule has 0 fully saturated rings. The Morgan fingerprint density at radius 3 is 2.31 bits per heavy atom. The molecule has 150 valence electrons. The number of aromatic nitrogens is 1. The van der Waals surface area contributed by atoms with Gasteiger partial charge in [0.25, 0.3) is 0 Å². The molecule has 2 amide bonds. The van der Waals surface area contributed by atoms with Gasteiger partial charge in [0.1, 0.15) is 5.82 Å². The van der Waals surface area contributed by atoms with Crippen molar-refractivity contribution in [3.05, 3.63) is 72.4 Å². The Hall–Kier alpha value is -3.54. The second-order valence-corrected chi connectivity index (χ2v) is 6.67. The molecule has 6 nitrogen and oxygen atoms in total. The smallest absolute Gasteiger partial charge is 0.324 e. The fraction of sp³-hybridized carbons (Fsp3) is 0.217. The van der Waals surface area contributed by atoms with Gasteiger partial charge in [0.15, 0.2) is 0 Å². The third kappa shape index (κ3) is 5.48. The van der Waals surface area contributed by atoms with Crippen LogP contribution in [0.25, 0.3) is 0 Å². The van der Waals surface area contributed by atoms with Crippen LogP contribution >= 0.6 is 0 Å². The van der Waals surface area contributed by atoms with Crippen LogP contribution in [0.1, 0.15) is 19.4 Å². The van der Waals surface area contributed by atoms with Crippen molar-refractivity contribution in [2.45, 2.75) is 20.8 Å². The number of nitrogens with one attached hydrogen (secondary N) is 3. The molecular formula is C23H27N5O. The van der Waals surface area contributed by atoms with Crippen LogP contribution in [0.2, 0.25) is 0 Å². The van der Waals surface area contributed by atoms with E-state index in [4.69, 9.17) is 0 Å². The second kappa shape index (κ2) is 9.59. The highest BCUT2D eigenvalue weighted by atomic mass is 16.2. The molecule has 0 aliphatic rings. The van der Waals surface area contributed by atoms with E-state index >= 15 is 0 Å².